The number of aliphatic carboxylic acids is 1. The SMILES string of the molecule is CC/C=C\C/C=C\C/C=C\C/C=C\C/C=C\C/C=C\C/C=C\C/C=C\C/C=C\CCCCCCCCCCCCCCCC(=O)OC(COC(=O)CCCCCCC/C=C\CCCCCCCCC)COC(OCC[N+](C)(C)C)C(=O)[O-]. The molecule has 9 heteroatoms. The van der Waals surface area contributed by atoms with E-state index in [1.54, 1.807) is 0 Å². The summed E-state index contributed by atoms with van der Waals surface area (Å²) in [5.41, 5.74) is 0. The van der Waals surface area contributed by atoms with Crippen LogP contribution in [0.5, 0.6) is 0 Å². The average Bonchev–Trinajstić information content (AvgIpc) is 3.45. The van der Waals surface area contributed by atoms with Crippen molar-refractivity contribution in [1.82, 2.24) is 0 Å². The molecule has 0 aromatic carbocycles. The van der Waals surface area contributed by atoms with Gasteiger partial charge in [-0.05, 0) is 109 Å². The highest BCUT2D eigenvalue weighted by Gasteiger charge is 2.22. The van der Waals surface area contributed by atoms with E-state index in [1.807, 2.05) is 21.1 Å². The third-order valence-electron chi connectivity index (χ3n) is 13.9. The van der Waals surface area contributed by atoms with E-state index >= 15 is 0 Å². The van der Waals surface area contributed by atoms with Crippen molar-refractivity contribution in [1.29, 1.82) is 0 Å². The summed E-state index contributed by atoms with van der Waals surface area (Å²) in [4.78, 5) is 37.3. The first-order chi connectivity index (χ1) is 40.1. The Morgan fingerprint density at radius 1 is 0.378 bits per heavy atom. The van der Waals surface area contributed by atoms with Crippen LogP contribution in [0.15, 0.2) is 122 Å². The molecule has 0 heterocycles. The van der Waals surface area contributed by atoms with Crippen LogP contribution < -0.4 is 5.11 Å². The molecule has 0 N–H and O–H groups in total. The maximum atomic E-state index is 12.9. The van der Waals surface area contributed by atoms with E-state index in [0.29, 0.717) is 17.4 Å². The van der Waals surface area contributed by atoms with Crippen LogP contribution in [0.1, 0.15) is 264 Å². The summed E-state index contributed by atoms with van der Waals surface area (Å²) in [6.07, 6.45) is 85.6. The summed E-state index contributed by atoms with van der Waals surface area (Å²) in [5.74, 6) is -2.30. The molecule has 9 nitrogen and oxygen atoms in total. The van der Waals surface area contributed by atoms with Gasteiger partial charge in [-0.1, -0.05) is 264 Å². The maximum Gasteiger partial charge on any atom is 0.306 e. The summed E-state index contributed by atoms with van der Waals surface area (Å²) in [5, 5.41) is 11.8. The number of carboxylic acid groups (broad SMARTS) is 1. The van der Waals surface area contributed by atoms with E-state index in [1.165, 1.54) is 116 Å². The molecule has 0 rings (SSSR count). The zero-order valence-corrected chi connectivity index (χ0v) is 53.3. The zero-order chi connectivity index (χ0) is 59.8. The second-order valence-electron chi connectivity index (χ2n) is 23.0. The fourth-order valence-corrected chi connectivity index (χ4v) is 8.88. The van der Waals surface area contributed by atoms with E-state index in [2.05, 4.69) is 135 Å². The van der Waals surface area contributed by atoms with Crippen molar-refractivity contribution in [2.24, 2.45) is 0 Å². The Morgan fingerprint density at radius 2 is 0.695 bits per heavy atom. The van der Waals surface area contributed by atoms with Gasteiger partial charge in [0.05, 0.1) is 40.3 Å². The molecule has 0 aliphatic heterocycles. The molecule has 0 saturated carbocycles. The van der Waals surface area contributed by atoms with Crippen LogP contribution in [0, 0.1) is 0 Å². The highest BCUT2D eigenvalue weighted by molar-refractivity contribution is 5.70. The van der Waals surface area contributed by atoms with E-state index in [-0.39, 0.29) is 38.6 Å². The number of unbranched alkanes of at least 4 members (excludes halogenated alkanes) is 25. The van der Waals surface area contributed by atoms with E-state index in [4.69, 9.17) is 18.9 Å². The summed E-state index contributed by atoms with van der Waals surface area (Å²) in [7, 11) is 5.92. The fraction of sp³-hybridized carbons (Fsp3) is 0.685. The molecule has 0 saturated heterocycles. The predicted molar refractivity (Wildman–Crippen MR) is 347 cm³/mol. The summed E-state index contributed by atoms with van der Waals surface area (Å²) in [6, 6.07) is 0. The molecule has 0 bridgehead atoms. The molecule has 0 aliphatic carbocycles. The van der Waals surface area contributed by atoms with Crippen LogP contribution in [0.3, 0.4) is 0 Å². The molecule has 2 atom stereocenters. The molecule has 0 radical (unpaired) electrons. The maximum absolute atomic E-state index is 12.9. The van der Waals surface area contributed by atoms with Gasteiger partial charge in [-0.25, -0.2) is 0 Å². The lowest BCUT2D eigenvalue weighted by atomic mass is 10.0. The zero-order valence-electron chi connectivity index (χ0n) is 53.3. The van der Waals surface area contributed by atoms with Gasteiger partial charge in [0.1, 0.15) is 13.2 Å². The number of rotatable bonds is 60. The van der Waals surface area contributed by atoms with E-state index in [9.17, 15) is 19.5 Å². The number of hydrogen-bond donors (Lipinski definition) is 0. The number of likely N-dealkylation sites (N-methyl/N-ethyl adjacent to an activating group) is 1. The average molecular weight is 1140 g/mol. The normalized spacial score (nSPS) is 13.5. The number of quaternary nitrogens is 1. The van der Waals surface area contributed by atoms with Crippen molar-refractivity contribution in [3.63, 3.8) is 0 Å². The molecule has 468 valence electrons. The number of esters is 2. The smallest absolute Gasteiger partial charge is 0.306 e. The quantitative estimate of drug-likeness (QED) is 0.0195. The summed E-state index contributed by atoms with van der Waals surface area (Å²) >= 11 is 0. The molecule has 2 unspecified atom stereocenters. The monoisotopic (exact) mass is 1140 g/mol. The van der Waals surface area contributed by atoms with Crippen molar-refractivity contribution in [3.8, 4) is 0 Å². The van der Waals surface area contributed by atoms with Crippen molar-refractivity contribution < 1.29 is 42.9 Å². The van der Waals surface area contributed by atoms with Crippen molar-refractivity contribution >= 4 is 17.9 Å². The van der Waals surface area contributed by atoms with Gasteiger partial charge in [0.25, 0.3) is 0 Å². The first-order valence-corrected chi connectivity index (χ1v) is 33.2. The molecular weight excluding hydrogens is 1020 g/mol. The minimum atomic E-state index is -1.63. The van der Waals surface area contributed by atoms with E-state index in [0.717, 1.165) is 116 Å². The number of hydrogen-bond acceptors (Lipinski definition) is 8. The fourth-order valence-electron chi connectivity index (χ4n) is 8.88. The van der Waals surface area contributed by atoms with Gasteiger partial charge in [0.2, 0.25) is 0 Å². The Hall–Kier alpha value is -4.31. The molecular formula is C73H123NO8. The second kappa shape index (κ2) is 62.7. The Bertz CT molecular complexity index is 1760. The first-order valence-electron chi connectivity index (χ1n) is 33.2. The number of ether oxygens (including phenoxy) is 4. The number of carbonyl (C=O) groups is 3. The number of carbonyl (C=O) groups excluding carboxylic acids is 3. The van der Waals surface area contributed by atoms with Crippen LogP contribution >= 0.6 is 0 Å². The second-order valence-corrected chi connectivity index (χ2v) is 23.0. The third kappa shape index (κ3) is 63.3. The van der Waals surface area contributed by atoms with Crippen LogP contribution in [-0.4, -0.2) is 82.3 Å². The van der Waals surface area contributed by atoms with Crippen molar-refractivity contribution in [3.05, 3.63) is 122 Å². The first kappa shape index (κ1) is 77.7. The molecule has 0 aromatic heterocycles. The van der Waals surface area contributed by atoms with Gasteiger partial charge in [-0.3, -0.25) is 9.59 Å². The molecule has 0 aliphatic rings. The highest BCUT2D eigenvalue weighted by atomic mass is 16.7. The van der Waals surface area contributed by atoms with Gasteiger partial charge in [0, 0.05) is 12.8 Å². The molecule has 0 spiro atoms. The summed E-state index contributed by atoms with van der Waals surface area (Å²) < 4.78 is 22.7. The minimum absolute atomic E-state index is 0.142. The Labute approximate surface area is 504 Å². The number of allylic oxidation sites excluding steroid dienone is 20. The van der Waals surface area contributed by atoms with E-state index < -0.39 is 24.3 Å². The lowest BCUT2D eigenvalue weighted by Crippen LogP contribution is -2.44. The van der Waals surface area contributed by atoms with Crippen molar-refractivity contribution in [2.45, 2.75) is 277 Å². The van der Waals surface area contributed by atoms with Gasteiger partial charge in [-0.2, -0.15) is 0 Å². The largest absolute Gasteiger partial charge is 0.545 e. The third-order valence-corrected chi connectivity index (χ3v) is 13.9. The Kier molecular flexibility index (Phi) is 59.4. The number of nitrogens with zero attached hydrogens (tertiary/aromatic N) is 1. The minimum Gasteiger partial charge on any atom is -0.545 e. The van der Waals surface area contributed by atoms with Gasteiger partial charge in [-0.15, -0.1) is 0 Å². The molecule has 0 amide bonds. The topological polar surface area (TPSA) is 111 Å². The summed E-state index contributed by atoms with van der Waals surface area (Å²) in [6.45, 7) is 4.62. The lowest BCUT2D eigenvalue weighted by molar-refractivity contribution is -0.870. The Morgan fingerprint density at radius 3 is 1.05 bits per heavy atom. The van der Waals surface area contributed by atoms with Crippen LogP contribution in [-0.2, 0) is 33.3 Å². The highest BCUT2D eigenvalue weighted by Crippen LogP contribution is 2.16. The van der Waals surface area contributed by atoms with Crippen molar-refractivity contribution in [2.75, 3.05) is 47.5 Å². The van der Waals surface area contributed by atoms with Crippen LogP contribution in [0.25, 0.3) is 0 Å². The predicted octanol–water partition coefficient (Wildman–Crippen LogP) is 19.1. The number of carboxylic acids is 1. The van der Waals surface area contributed by atoms with Crippen LogP contribution in [0.2, 0.25) is 0 Å². The molecule has 0 fully saturated rings. The lowest BCUT2D eigenvalue weighted by Gasteiger charge is -2.26. The van der Waals surface area contributed by atoms with Crippen LogP contribution in [0.4, 0.5) is 0 Å². The standard InChI is InChI=1S/C73H123NO8/c1-6-8-10-12-14-16-18-20-22-24-25-26-27-28-29-30-31-32-33-34-35-36-37-38-39-40-41-42-43-44-45-46-47-48-50-52-54-56-58-60-62-64-71(76)82-69(68-81-73(72(77)78)79-66-65-74(3,4)5)67-80-70(75)63-61-59-57-55-53-51-49-23-21-19-17-15-13-11-9-7-2/h8,10,14,16,20,22-23,25-26,28-29,31-32,34-35,37-38,40-41,49,69,73H,6-7,9,11-13,15,17-19,21,24,27,30,33,36,39,42-48,50-68H2,1-5H3/b10-8-,16-14-,22-20-,26-25-,29-28-,32-31-,35-34-,38-37-,41-40-,49-23-. The Balaban J connectivity index is 4.09. The van der Waals surface area contributed by atoms with Gasteiger partial charge < -0.3 is 33.3 Å². The molecule has 0 aromatic rings. The van der Waals surface area contributed by atoms with Gasteiger partial charge in [0.15, 0.2) is 12.4 Å². The van der Waals surface area contributed by atoms with Gasteiger partial charge >= 0.3 is 11.9 Å². The molecule has 82 heavy (non-hydrogen) atoms.